The molecule has 5 rings (SSSR count). The first-order valence-electron chi connectivity index (χ1n) is 12.2. The highest BCUT2D eigenvalue weighted by Crippen LogP contribution is 2.44. The van der Waals surface area contributed by atoms with Crippen LogP contribution < -0.4 is 20.3 Å². The van der Waals surface area contributed by atoms with E-state index in [0.29, 0.717) is 39.5 Å². The predicted molar refractivity (Wildman–Crippen MR) is 154 cm³/mol. The number of aromatic nitrogens is 1. The maximum atomic E-state index is 12.0. The van der Waals surface area contributed by atoms with E-state index in [2.05, 4.69) is 15.6 Å². The summed E-state index contributed by atoms with van der Waals surface area (Å²) in [6.07, 6.45) is 2.13. The van der Waals surface area contributed by atoms with Gasteiger partial charge in [-0.25, -0.2) is 0 Å². The van der Waals surface area contributed by atoms with Crippen molar-refractivity contribution in [3.05, 3.63) is 95.0 Å². The van der Waals surface area contributed by atoms with Gasteiger partial charge in [-0.15, -0.1) is 0 Å². The molecule has 38 heavy (non-hydrogen) atoms. The lowest BCUT2D eigenvalue weighted by atomic mass is 10.0. The molecule has 1 aliphatic rings. The number of nitrogens with one attached hydrogen (secondary N) is 2. The third kappa shape index (κ3) is 4.97. The number of carbonyl (C=O) groups is 1. The summed E-state index contributed by atoms with van der Waals surface area (Å²) in [7, 11) is 1.57. The zero-order valence-corrected chi connectivity index (χ0v) is 22.8. The average molecular weight is 547 g/mol. The van der Waals surface area contributed by atoms with Crippen LogP contribution in [0.5, 0.6) is 5.75 Å². The van der Waals surface area contributed by atoms with Crippen LogP contribution in [0.1, 0.15) is 42.4 Å². The molecule has 1 aliphatic heterocycles. The Morgan fingerprint density at radius 1 is 1.18 bits per heavy atom. The molecule has 1 fully saturated rings. The fourth-order valence-corrected chi connectivity index (χ4v) is 5.03. The minimum absolute atomic E-state index is 0.0955. The molecule has 0 spiro atoms. The third-order valence-corrected chi connectivity index (χ3v) is 7.25. The van der Waals surface area contributed by atoms with Gasteiger partial charge >= 0.3 is 0 Å². The smallest absolute Gasteiger partial charge is 0.224 e. The summed E-state index contributed by atoms with van der Waals surface area (Å²) in [5.74, 6) is 1.85. The lowest BCUT2D eigenvalue weighted by Crippen LogP contribution is -2.29. The Hall–Kier alpha value is -3.88. The zero-order valence-electron chi connectivity index (χ0n) is 21.2. The van der Waals surface area contributed by atoms with Gasteiger partial charge in [0.25, 0.3) is 0 Å². The molecule has 2 aromatic heterocycles. The Labute approximate surface area is 231 Å². The van der Waals surface area contributed by atoms with Crippen LogP contribution in [-0.4, -0.2) is 23.1 Å². The van der Waals surface area contributed by atoms with Gasteiger partial charge in [-0.1, -0.05) is 36.7 Å². The highest BCUT2D eigenvalue weighted by Gasteiger charge is 2.42. The van der Waals surface area contributed by atoms with Gasteiger partial charge in [0.1, 0.15) is 23.3 Å². The van der Waals surface area contributed by atoms with Gasteiger partial charge in [0.15, 0.2) is 5.11 Å². The van der Waals surface area contributed by atoms with E-state index in [1.807, 2.05) is 78.6 Å². The summed E-state index contributed by atoms with van der Waals surface area (Å²) in [5.41, 5.74) is 4.10. The van der Waals surface area contributed by atoms with Gasteiger partial charge in [-0.2, -0.15) is 0 Å². The molecule has 194 valence electrons. The molecule has 2 aromatic carbocycles. The second-order valence-electron chi connectivity index (χ2n) is 8.95. The Morgan fingerprint density at radius 3 is 2.74 bits per heavy atom. The van der Waals surface area contributed by atoms with E-state index in [1.165, 1.54) is 0 Å². The number of pyridine rings is 1. The minimum atomic E-state index is -0.340. The molecular formula is C29H27ClN4O3S. The summed E-state index contributed by atoms with van der Waals surface area (Å²) in [5, 5.41) is 7.51. The van der Waals surface area contributed by atoms with Crippen LogP contribution in [0.15, 0.2) is 77.3 Å². The molecule has 7 nitrogen and oxygen atoms in total. The summed E-state index contributed by atoms with van der Waals surface area (Å²) < 4.78 is 12.0. The van der Waals surface area contributed by atoms with Crippen molar-refractivity contribution in [2.45, 2.75) is 32.4 Å². The number of rotatable bonds is 7. The van der Waals surface area contributed by atoms with Crippen molar-refractivity contribution in [2.75, 3.05) is 17.3 Å². The molecule has 0 unspecified atom stereocenters. The molecule has 1 saturated heterocycles. The number of furan rings is 1. The summed E-state index contributed by atoms with van der Waals surface area (Å²) in [4.78, 5) is 18.6. The highest BCUT2D eigenvalue weighted by atomic mass is 35.5. The standard InChI is InChI=1S/C29H27ClN4O3S/c1-4-26(35)32-21-11-10-19(16-25(21)36-3)34-28(27(33-29(34)38)22-7-5-6-14-31-22)24-13-12-23(37-24)18-9-8-17(2)20(30)15-18/h5-16,27-28H,4H2,1-3H3,(H,32,35)(H,33,38)/t27-,28+/m1/s1. The molecule has 4 aromatic rings. The topological polar surface area (TPSA) is 79.6 Å². The van der Waals surface area contributed by atoms with E-state index in [1.54, 1.807) is 20.2 Å². The van der Waals surface area contributed by atoms with Crippen molar-refractivity contribution in [1.29, 1.82) is 0 Å². The Balaban J connectivity index is 1.58. The number of anilines is 2. The van der Waals surface area contributed by atoms with Crippen LogP contribution in [0, 0.1) is 6.92 Å². The number of thiocarbonyl (C=S) groups is 1. The molecule has 0 radical (unpaired) electrons. The van der Waals surface area contributed by atoms with E-state index in [-0.39, 0.29) is 18.0 Å². The number of methoxy groups -OCH3 is 1. The van der Waals surface area contributed by atoms with Gasteiger partial charge in [0, 0.05) is 35.0 Å². The number of ether oxygens (including phenoxy) is 1. The number of hydrogen-bond acceptors (Lipinski definition) is 5. The van der Waals surface area contributed by atoms with Gasteiger partial charge in [0.05, 0.1) is 24.5 Å². The SMILES string of the molecule is CCC(=O)Nc1ccc(N2C(=S)N[C@H](c3ccccn3)[C@@H]2c2ccc(-c3ccc(C)c(Cl)c3)o2)cc1OC. The second-order valence-corrected chi connectivity index (χ2v) is 9.74. The highest BCUT2D eigenvalue weighted by molar-refractivity contribution is 7.80. The summed E-state index contributed by atoms with van der Waals surface area (Å²) in [6, 6.07) is 20.5. The lowest BCUT2D eigenvalue weighted by Gasteiger charge is -2.27. The van der Waals surface area contributed by atoms with Gasteiger partial charge in [0.2, 0.25) is 5.91 Å². The van der Waals surface area contributed by atoms with Crippen molar-refractivity contribution in [3.63, 3.8) is 0 Å². The van der Waals surface area contributed by atoms with Crippen molar-refractivity contribution in [2.24, 2.45) is 0 Å². The number of carbonyl (C=O) groups excluding carboxylic acids is 1. The predicted octanol–water partition coefficient (Wildman–Crippen LogP) is 6.84. The van der Waals surface area contributed by atoms with Crippen LogP contribution in [-0.2, 0) is 4.79 Å². The van der Waals surface area contributed by atoms with Gasteiger partial charge in [-0.3, -0.25) is 9.78 Å². The first-order chi connectivity index (χ1) is 18.4. The molecule has 1 amide bonds. The van der Waals surface area contributed by atoms with Crippen LogP contribution in [0.3, 0.4) is 0 Å². The fraction of sp³-hybridized carbons (Fsp3) is 0.207. The average Bonchev–Trinajstić information content (AvgIpc) is 3.55. The van der Waals surface area contributed by atoms with Crippen molar-refractivity contribution in [1.82, 2.24) is 10.3 Å². The first-order valence-corrected chi connectivity index (χ1v) is 13.0. The van der Waals surface area contributed by atoms with E-state index in [4.69, 9.17) is 33.0 Å². The van der Waals surface area contributed by atoms with E-state index in [0.717, 1.165) is 22.5 Å². The molecule has 9 heteroatoms. The molecule has 2 N–H and O–H groups in total. The maximum absolute atomic E-state index is 12.0. The molecular weight excluding hydrogens is 520 g/mol. The normalized spacial score (nSPS) is 16.8. The van der Waals surface area contributed by atoms with E-state index >= 15 is 0 Å². The lowest BCUT2D eigenvalue weighted by molar-refractivity contribution is -0.115. The second kappa shape index (κ2) is 10.8. The minimum Gasteiger partial charge on any atom is -0.494 e. The number of aryl methyl sites for hydroxylation is 1. The maximum Gasteiger partial charge on any atom is 0.224 e. The zero-order chi connectivity index (χ0) is 26.8. The first kappa shape index (κ1) is 25.8. The number of benzene rings is 2. The Kier molecular flexibility index (Phi) is 7.35. The molecule has 3 heterocycles. The molecule has 2 atom stereocenters. The van der Waals surface area contributed by atoms with Gasteiger partial charge < -0.3 is 24.7 Å². The Bertz CT molecular complexity index is 1490. The Morgan fingerprint density at radius 2 is 2.03 bits per heavy atom. The van der Waals surface area contributed by atoms with E-state index < -0.39 is 0 Å². The number of hydrogen-bond donors (Lipinski definition) is 2. The quantitative estimate of drug-likeness (QED) is 0.246. The van der Waals surface area contributed by atoms with E-state index in [9.17, 15) is 4.79 Å². The number of nitrogens with zero attached hydrogens (tertiary/aromatic N) is 2. The summed E-state index contributed by atoms with van der Waals surface area (Å²) >= 11 is 12.2. The van der Waals surface area contributed by atoms with Crippen molar-refractivity contribution >= 4 is 46.2 Å². The van der Waals surface area contributed by atoms with Crippen molar-refractivity contribution < 1.29 is 13.9 Å². The number of halogens is 1. The van der Waals surface area contributed by atoms with Crippen molar-refractivity contribution in [3.8, 4) is 17.1 Å². The van der Waals surface area contributed by atoms with Crippen LogP contribution >= 0.6 is 23.8 Å². The monoisotopic (exact) mass is 546 g/mol. The van der Waals surface area contributed by atoms with Gasteiger partial charge in [-0.05, 0) is 67.2 Å². The molecule has 0 bridgehead atoms. The number of amides is 1. The molecule has 0 saturated carbocycles. The summed E-state index contributed by atoms with van der Waals surface area (Å²) in [6.45, 7) is 3.77. The van der Waals surface area contributed by atoms with Crippen LogP contribution in [0.25, 0.3) is 11.3 Å². The van der Waals surface area contributed by atoms with Crippen LogP contribution in [0.4, 0.5) is 11.4 Å². The third-order valence-electron chi connectivity index (χ3n) is 6.53. The largest absolute Gasteiger partial charge is 0.494 e. The fourth-order valence-electron chi connectivity index (χ4n) is 4.51. The molecule has 0 aliphatic carbocycles. The van der Waals surface area contributed by atoms with Crippen LogP contribution in [0.2, 0.25) is 5.02 Å².